The molecule has 1 aliphatic heterocycles. The molecular weight excluding hydrogens is 234 g/mol. The minimum absolute atomic E-state index is 0.130. The van der Waals surface area contributed by atoms with Gasteiger partial charge in [-0.1, -0.05) is 50.6 Å². The van der Waals surface area contributed by atoms with E-state index in [1.54, 1.807) is 0 Å². The van der Waals surface area contributed by atoms with Crippen molar-refractivity contribution in [2.45, 2.75) is 52.1 Å². The Morgan fingerprint density at radius 3 is 2.58 bits per heavy atom. The van der Waals surface area contributed by atoms with Crippen molar-refractivity contribution in [3.63, 3.8) is 0 Å². The van der Waals surface area contributed by atoms with Gasteiger partial charge in [0.2, 0.25) is 0 Å². The summed E-state index contributed by atoms with van der Waals surface area (Å²) in [5, 5.41) is 0. The Labute approximate surface area is 116 Å². The van der Waals surface area contributed by atoms with Gasteiger partial charge in [0.25, 0.3) is 0 Å². The van der Waals surface area contributed by atoms with Gasteiger partial charge in [-0.15, -0.1) is 0 Å². The number of benzene rings is 1. The molecule has 1 heterocycles. The highest BCUT2D eigenvalue weighted by Crippen LogP contribution is 2.35. The number of carbonyl (C=O) groups excluding carboxylic acids is 1. The molecule has 104 valence electrons. The molecule has 1 saturated heterocycles. The quantitative estimate of drug-likeness (QED) is 0.801. The maximum Gasteiger partial charge on any atom is 0.149 e. The second-order valence-electron chi connectivity index (χ2n) is 5.55. The zero-order valence-corrected chi connectivity index (χ0v) is 12.3. The van der Waals surface area contributed by atoms with Crippen molar-refractivity contribution in [2.75, 3.05) is 6.54 Å². The van der Waals surface area contributed by atoms with E-state index in [1.807, 2.05) is 13.0 Å². The maximum atomic E-state index is 12.3. The molecule has 3 atom stereocenters. The predicted molar refractivity (Wildman–Crippen MR) is 79.0 cm³/mol. The zero-order chi connectivity index (χ0) is 13.8. The first kappa shape index (κ1) is 14.3. The van der Waals surface area contributed by atoms with Crippen LogP contribution >= 0.6 is 0 Å². The van der Waals surface area contributed by atoms with Crippen LogP contribution in [0.25, 0.3) is 0 Å². The summed E-state index contributed by atoms with van der Waals surface area (Å²) in [7, 11) is 0. The molecule has 2 heteroatoms. The fraction of sp³-hybridized carbons (Fsp3) is 0.588. The van der Waals surface area contributed by atoms with Crippen LogP contribution in [0, 0.1) is 5.92 Å². The van der Waals surface area contributed by atoms with Crippen LogP contribution < -0.4 is 0 Å². The number of Topliss-reactive ketones (excluding diaryl/α,β-unsaturated/α-hetero) is 1. The molecule has 3 unspecified atom stereocenters. The molecular formula is C17H25NO. The van der Waals surface area contributed by atoms with E-state index in [4.69, 9.17) is 0 Å². The lowest BCUT2D eigenvalue weighted by Crippen LogP contribution is -2.40. The number of hydrogen-bond donors (Lipinski definition) is 0. The molecule has 2 nitrogen and oxygen atoms in total. The topological polar surface area (TPSA) is 20.3 Å². The molecule has 0 saturated carbocycles. The van der Waals surface area contributed by atoms with E-state index in [1.165, 1.54) is 5.56 Å². The van der Waals surface area contributed by atoms with Crippen LogP contribution in [0.3, 0.4) is 0 Å². The first-order chi connectivity index (χ1) is 9.19. The SMILES string of the molecule is CCC(=O)C1C(CC)CCN1C(C)c1ccccc1. The minimum Gasteiger partial charge on any atom is -0.298 e. The Morgan fingerprint density at radius 1 is 1.32 bits per heavy atom. The van der Waals surface area contributed by atoms with Crippen LogP contribution in [0.15, 0.2) is 30.3 Å². The summed E-state index contributed by atoms with van der Waals surface area (Å²) < 4.78 is 0. The predicted octanol–water partition coefficient (Wildman–Crippen LogP) is 3.83. The molecule has 0 aliphatic carbocycles. The first-order valence-corrected chi connectivity index (χ1v) is 7.52. The van der Waals surface area contributed by atoms with Gasteiger partial charge in [0.1, 0.15) is 5.78 Å². The third-order valence-electron chi connectivity index (χ3n) is 4.54. The summed E-state index contributed by atoms with van der Waals surface area (Å²) in [6, 6.07) is 11.0. The Morgan fingerprint density at radius 2 is 2.00 bits per heavy atom. The summed E-state index contributed by atoms with van der Waals surface area (Å²) in [4.78, 5) is 14.7. The molecule has 0 bridgehead atoms. The summed E-state index contributed by atoms with van der Waals surface area (Å²) in [5.74, 6) is 0.950. The Bertz CT molecular complexity index is 415. The van der Waals surface area contributed by atoms with Crippen molar-refractivity contribution in [1.82, 2.24) is 4.90 Å². The Kier molecular flexibility index (Phi) is 4.76. The van der Waals surface area contributed by atoms with Crippen LogP contribution in [-0.4, -0.2) is 23.3 Å². The molecule has 0 spiro atoms. The number of ketones is 1. The first-order valence-electron chi connectivity index (χ1n) is 7.52. The highest BCUT2D eigenvalue weighted by Gasteiger charge is 2.39. The molecule has 1 fully saturated rings. The highest BCUT2D eigenvalue weighted by atomic mass is 16.1. The van der Waals surface area contributed by atoms with Gasteiger partial charge in [-0.3, -0.25) is 9.69 Å². The van der Waals surface area contributed by atoms with Crippen LogP contribution in [0.5, 0.6) is 0 Å². The van der Waals surface area contributed by atoms with E-state index in [9.17, 15) is 4.79 Å². The number of hydrogen-bond acceptors (Lipinski definition) is 2. The molecule has 2 rings (SSSR count). The summed E-state index contributed by atoms with van der Waals surface area (Å²) in [5.41, 5.74) is 1.31. The van der Waals surface area contributed by atoms with Crippen molar-refractivity contribution in [1.29, 1.82) is 0 Å². The van der Waals surface area contributed by atoms with Crippen molar-refractivity contribution < 1.29 is 4.79 Å². The van der Waals surface area contributed by atoms with E-state index >= 15 is 0 Å². The largest absolute Gasteiger partial charge is 0.298 e. The lowest BCUT2D eigenvalue weighted by molar-refractivity contribution is -0.125. The third-order valence-corrected chi connectivity index (χ3v) is 4.54. The summed E-state index contributed by atoms with van der Waals surface area (Å²) in [6.07, 6.45) is 2.91. The van der Waals surface area contributed by atoms with Gasteiger partial charge in [0, 0.05) is 12.5 Å². The Balaban J connectivity index is 2.20. The van der Waals surface area contributed by atoms with Crippen LogP contribution in [0.1, 0.15) is 51.6 Å². The van der Waals surface area contributed by atoms with E-state index in [0.29, 0.717) is 24.2 Å². The molecule has 1 aromatic rings. The standard InChI is InChI=1S/C17H25NO/c1-4-14-11-12-18(17(14)16(19)5-2)13(3)15-9-7-6-8-10-15/h6-10,13-14,17H,4-5,11-12H2,1-3H3. The normalized spacial score (nSPS) is 25.4. The number of nitrogens with zero attached hydrogens (tertiary/aromatic N) is 1. The average Bonchev–Trinajstić information content (AvgIpc) is 2.90. The lowest BCUT2D eigenvalue weighted by atomic mass is 9.92. The fourth-order valence-electron chi connectivity index (χ4n) is 3.32. The smallest absolute Gasteiger partial charge is 0.149 e. The van der Waals surface area contributed by atoms with Crippen molar-refractivity contribution in [2.24, 2.45) is 5.92 Å². The second-order valence-corrected chi connectivity index (χ2v) is 5.55. The number of carbonyl (C=O) groups is 1. The second kappa shape index (κ2) is 6.33. The molecule has 19 heavy (non-hydrogen) atoms. The van der Waals surface area contributed by atoms with Gasteiger partial charge < -0.3 is 0 Å². The molecule has 0 radical (unpaired) electrons. The third kappa shape index (κ3) is 2.89. The van der Waals surface area contributed by atoms with Gasteiger partial charge >= 0.3 is 0 Å². The van der Waals surface area contributed by atoms with Gasteiger partial charge in [-0.25, -0.2) is 0 Å². The van der Waals surface area contributed by atoms with Crippen LogP contribution in [-0.2, 0) is 4.79 Å². The van der Waals surface area contributed by atoms with Gasteiger partial charge in [0.15, 0.2) is 0 Å². The van der Waals surface area contributed by atoms with E-state index < -0.39 is 0 Å². The maximum absolute atomic E-state index is 12.3. The van der Waals surface area contributed by atoms with Gasteiger partial charge in [-0.05, 0) is 31.4 Å². The minimum atomic E-state index is 0.130. The van der Waals surface area contributed by atoms with Crippen molar-refractivity contribution in [3.05, 3.63) is 35.9 Å². The van der Waals surface area contributed by atoms with Gasteiger partial charge in [0.05, 0.1) is 6.04 Å². The van der Waals surface area contributed by atoms with Crippen molar-refractivity contribution >= 4 is 5.78 Å². The van der Waals surface area contributed by atoms with Crippen molar-refractivity contribution in [3.8, 4) is 0 Å². The molecule has 1 aliphatic rings. The number of rotatable bonds is 5. The fourth-order valence-corrected chi connectivity index (χ4v) is 3.32. The number of likely N-dealkylation sites (tertiary alicyclic amines) is 1. The summed E-state index contributed by atoms with van der Waals surface area (Å²) >= 11 is 0. The lowest BCUT2D eigenvalue weighted by Gasteiger charge is -2.32. The molecule has 0 N–H and O–H groups in total. The zero-order valence-electron chi connectivity index (χ0n) is 12.3. The van der Waals surface area contributed by atoms with E-state index in [-0.39, 0.29) is 6.04 Å². The van der Waals surface area contributed by atoms with Crippen LogP contribution in [0.2, 0.25) is 0 Å². The monoisotopic (exact) mass is 259 g/mol. The summed E-state index contributed by atoms with van der Waals surface area (Å²) in [6.45, 7) is 7.46. The van der Waals surface area contributed by atoms with Gasteiger partial charge in [-0.2, -0.15) is 0 Å². The Hall–Kier alpha value is -1.15. The van der Waals surface area contributed by atoms with E-state index in [2.05, 4.69) is 43.0 Å². The highest BCUT2D eigenvalue weighted by molar-refractivity contribution is 5.84. The average molecular weight is 259 g/mol. The molecule has 1 aromatic carbocycles. The molecule has 0 amide bonds. The van der Waals surface area contributed by atoms with E-state index in [0.717, 1.165) is 19.4 Å². The van der Waals surface area contributed by atoms with Crippen LogP contribution in [0.4, 0.5) is 0 Å². The molecule has 0 aromatic heterocycles.